The summed E-state index contributed by atoms with van der Waals surface area (Å²) < 4.78 is 0. The highest BCUT2D eigenvalue weighted by atomic mass is 16.1. The second kappa shape index (κ2) is 3.38. The molecule has 0 saturated heterocycles. The molecule has 0 bridgehead atoms. The van der Waals surface area contributed by atoms with Crippen LogP contribution in [0.2, 0.25) is 0 Å². The summed E-state index contributed by atoms with van der Waals surface area (Å²) in [6.45, 7) is 2.06. The second-order valence-electron chi connectivity index (χ2n) is 3.12. The summed E-state index contributed by atoms with van der Waals surface area (Å²) >= 11 is 0. The van der Waals surface area contributed by atoms with E-state index in [0.717, 1.165) is 19.3 Å². The summed E-state index contributed by atoms with van der Waals surface area (Å²) in [7, 11) is 0. The van der Waals surface area contributed by atoms with Crippen LogP contribution in [-0.4, -0.2) is 5.91 Å². The first kappa shape index (κ1) is 8.06. The van der Waals surface area contributed by atoms with Crippen LogP contribution in [0.1, 0.15) is 26.2 Å². The van der Waals surface area contributed by atoms with Crippen LogP contribution in [0.25, 0.3) is 0 Å². The molecule has 0 aromatic carbocycles. The van der Waals surface area contributed by atoms with Gasteiger partial charge in [-0.1, -0.05) is 13.3 Å². The quantitative estimate of drug-likeness (QED) is 0.450. The standard InChI is InChI=1S/C8H12N2O/c1-6-3-2-4-7(6)8(11)10-5-9/h6-7H,2-4H2,1H3,(H,10,11). The van der Waals surface area contributed by atoms with Gasteiger partial charge in [0.25, 0.3) is 0 Å². The molecule has 3 heteroatoms. The Labute approximate surface area is 66.4 Å². The van der Waals surface area contributed by atoms with Crippen molar-refractivity contribution in [1.29, 1.82) is 5.26 Å². The lowest BCUT2D eigenvalue weighted by Crippen LogP contribution is -2.28. The summed E-state index contributed by atoms with van der Waals surface area (Å²) in [5.41, 5.74) is 0. The van der Waals surface area contributed by atoms with Gasteiger partial charge in [0.2, 0.25) is 5.91 Å². The normalized spacial score (nSPS) is 29.5. The molecule has 60 valence electrons. The molecule has 0 aliphatic heterocycles. The zero-order valence-electron chi connectivity index (χ0n) is 6.63. The molecule has 2 unspecified atom stereocenters. The van der Waals surface area contributed by atoms with Crippen LogP contribution in [0, 0.1) is 23.3 Å². The molecule has 1 aliphatic carbocycles. The Morgan fingerprint density at radius 2 is 2.36 bits per heavy atom. The molecule has 0 radical (unpaired) electrons. The first-order valence-corrected chi connectivity index (χ1v) is 3.94. The molecular formula is C8H12N2O. The van der Waals surface area contributed by atoms with Gasteiger partial charge in [-0.05, 0) is 18.8 Å². The molecule has 0 heterocycles. The van der Waals surface area contributed by atoms with E-state index < -0.39 is 0 Å². The zero-order valence-corrected chi connectivity index (χ0v) is 6.63. The molecule has 1 aliphatic rings. The van der Waals surface area contributed by atoms with Gasteiger partial charge < -0.3 is 0 Å². The van der Waals surface area contributed by atoms with Gasteiger partial charge in [-0.25, -0.2) is 0 Å². The van der Waals surface area contributed by atoms with Crippen molar-refractivity contribution in [1.82, 2.24) is 5.32 Å². The summed E-state index contributed by atoms with van der Waals surface area (Å²) in [4.78, 5) is 11.1. The SMILES string of the molecule is CC1CCCC1C(=O)NC#N. The minimum Gasteiger partial charge on any atom is -0.274 e. The number of carbonyl (C=O) groups is 1. The lowest BCUT2D eigenvalue weighted by Gasteiger charge is -2.10. The fourth-order valence-corrected chi connectivity index (χ4v) is 1.68. The predicted octanol–water partition coefficient (Wildman–Crippen LogP) is 1.02. The largest absolute Gasteiger partial charge is 0.274 e. The van der Waals surface area contributed by atoms with E-state index in [4.69, 9.17) is 5.26 Å². The highest BCUT2D eigenvalue weighted by Gasteiger charge is 2.29. The Hall–Kier alpha value is -1.04. The van der Waals surface area contributed by atoms with E-state index >= 15 is 0 Å². The van der Waals surface area contributed by atoms with Crippen molar-refractivity contribution in [3.8, 4) is 6.19 Å². The molecule has 1 saturated carbocycles. The molecule has 0 spiro atoms. The lowest BCUT2D eigenvalue weighted by atomic mass is 9.97. The number of nitrogens with zero attached hydrogens (tertiary/aromatic N) is 1. The van der Waals surface area contributed by atoms with Gasteiger partial charge in [0.1, 0.15) is 0 Å². The van der Waals surface area contributed by atoms with E-state index in [0.29, 0.717) is 5.92 Å². The molecule has 1 amide bonds. The summed E-state index contributed by atoms with van der Waals surface area (Å²) in [6, 6.07) is 0. The molecule has 1 rings (SSSR count). The Balaban J connectivity index is 2.47. The van der Waals surface area contributed by atoms with Gasteiger partial charge in [-0.2, -0.15) is 5.26 Å². The van der Waals surface area contributed by atoms with Crippen molar-refractivity contribution in [2.24, 2.45) is 11.8 Å². The van der Waals surface area contributed by atoms with Crippen LogP contribution in [0.4, 0.5) is 0 Å². The number of rotatable bonds is 1. The lowest BCUT2D eigenvalue weighted by molar-refractivity contribution is -0.124. The maximum absolute atomic E-state index is 11.1. The smallest absolute Gasteiger partial charge is 0.236 e. The molecule has 2 atom stereocenters. The van der Waals surface area contributed by atoms with E-state index in [-0.39, 0.29) is 11.8 Å². The highest BCUT2D eigenvalue weighted by molar-refractivity contribution is 5.80. The molecule has 1 N–H and O–H groups in total. The van der Waals surface area contributed by atoms with Gasteiger partial charge in [-0.15, -0.1) is 0 Å². The number of hydrogen-bond donors (Lipinski definition) is 1. The molecule has 0 aromatic rings. The molecule has 11 heavy (non-hydrogen) atoms. The first-order chi connectivity index (χ1) is 5.25. The Bertz CT molecular complexity index is 195. The minimum atomic E-state index is -0.0995. The van der Waals surface area contributed by atoms with Crippen LogP contribution < -0.4 is 5.32 Å². The topological polar surface area (TPSA) is 52.9 Å². The average Bonchev–Trinajstić information content (AvgIpc) is 2.36. The van der Waals surface area contributed by atoms with Gasteiger partial charge in [-0.3, -0.25) is 10.1 Å². The van der Waals surface area contributed by atoms with Crippen LogP contribution in [0.3, 0.4) is 0 Å². The Morgan fingerprint density at radius 1 is 1.64 bits per heavy atom. The number of hydrogen-bond acceptors (Lipinski definition) is 2. The van der Waals surface area contributed by atoms with Crippen molar-refractivity contribution in [3.63, 3.8) is 0 Å². The highest BCUT2D eigenvalue weighted by Crippen LogP contribution is 2.30. The maximum atomic E-state index is 11.1. The zero-order chi connectivity index (χ0) is 8.27. The third-order valence-electron chi connectivity index (χ3n) is 2.38. The number of nitriles is 1. The number of carbonyl (C=O) groups excluding carboxylic acids is 1. The number of nitrogens with one attached hydrogen (secondary N) is 1. The number of amides is 1. The predicted molar refractivity (Wildman–Crippen MR) is 40.3 cm³/mol. The van der Waals surface area contributed by atoms with Gasteiger partial charge in [0.15, 0.2) is 6.19 Å². The molecule has 3 nitrogen and oxygen atoms in total. The van der Waals surface area contributed by atoms with Crippen molar-refractivity contribution in [3.05, 3.63) is 0 Å². The summed E-state index contributed by atoms with van der Waals surface area (Å²) in [5.74, 6) is 0.426. The average molecular weight is 152 g/mol. The summed E-state index contributed by atoms with van der Waals surface area (Å²) in [5, 5.41) is 10.4. The Kier molecular flexibility index (Phi) is 2.48. The van der Waals surface area contributed by atoms with Crippen molar-refractivity contribution in [2.75, 3.05) is 0 Å². The molecular weight excluding hydrogens is 140 g/mol. The second-order valence-corrected chi connectivity index (χ2v) is 3.12. The van der Waals surface area contributed by atoms with Crippen molar-refractivity contribution in [2.45, 2.75) is 26.2 Å². The molecule has 1 fully saturated rings. The van der Waals surface area contributed by atoms with Crippen molar-refractivity contribution < 1.29 is 4.79 Å². The third kappa shape index (κ3) is 1.70. The van der Waals surface area contributed by atoms with Crippen LogP contribution >= 0.6 is 0 Å². The summed E-state index contributed by atoms with van der Waals surface area (Å²) in [6.07, 6.45) is 4.83. The van der Waals surface area contributed by atoms with Gasteiger partial charge in [0.05, 0.1) is 0 Å². The van der Waals surface area contributed by atoms with Crippen molar-refractivity contribution >= 4 is 5.91 Å². The van der Waals surface area contributed by atoms with Gasteiger partial charge in [0, 0.05) is 5.92 Å². The fourth-order valence-electron chi connectivity index (χ4n) is 1.68. The first-order valence-electron chi connectivity index (χ1n) is 3.94. The van der Waals surface area contributed by atoms with Crippen LogP contribution in [0.15, 0.2) is 0 Å². The molecule has 0 aromatic heterocycles. The van der Waals surface area contributed by atoms with E-state index in [1.165, 1.54) is 0 Å². The van der Waals surface area contributed by atoms with E-state index in [1.807, 2.05) is 0 Å². The monoisotopic (exact) mass is 152 g/mol. The van der Waals surface area contributed by atoms with Gasteiger partial charge >= 0.3 is 0 Å². The van der Waals surface area contributed by atoms with E-state index in [1.54, 1.807) is 6.19 Å². The van der Waals surface area contributed by atoms with Crippen LogP contribution in [-0.2, 0) is 4.79 Å². The Morgan fingerprint density at radius 3 is 2.82 bits per heavy atom. The third-order valence-corrected chi connectivity index (χ3v) is 2.38. The maximum Gasteiger partial charge on any atom is 0.236 e. The minimum absolute atomic E-state index is 0.0784. The van der Waals surface area contributed by atoms with E-state index in [2.05, 4.69) is 12.2 Å². The van der Waals surface area contributed by atoms with Crippen LogP contribution in [0.5, 0.6) is 0 Å². The fraction of sp³-hybridized carbons (Fsp3) is 0.750. The van der Waals surface area contributed by atoms with E-state index in [9.17, 15) is 4.79 Å².